The molecule has 0 unspecified atom stereocenters. The largest absolute Gasteiger partial charge is 0.364 e. The minimum atomic E-state index is 0.665. The quantitative estimate of drug-likeness (QED) is 0.815. The highest BCUT2D eigenvalue weighted by Gasteiger charge is 2.25. The van der Waals surface area contributed by atoms with E-state index < -0.39 is 0 Å². The predicted molar refractivity (Wildman–Crippen MR) is 66.7 cm³/mol. The fourth-order valence-corrected chi connectivity index (χ4v) is 2.80. The van der Waals surface area contributed by atoms with Gasteiger partial charge in [0.25, 0.3) is 0 Å². The normalized spacial score (nSPS) is 16.9. The van der Waals surface area contributed by atoms with E-state index in [-0.39, 0.29) is 0 Å². The molecule has 0 atom stereocenters. The SMILES string of the molecule is Cc1n[nH]c(C)c1N(CCN)C1CCCC1. The number of nitrogens with zero attached hydrogens (tertiary/aromatic N) is 2. The van der Waals surface area contributed by atoms with Crippen molar-refractivity contribution in [1.82, 2.24) is 10.2 Å². The van der Waals surface area contributed by atoms with E-state index in [1.807, 2.05) is 0 Å². The lowest BCUT2D eigenvalue weighted by atomic mass is 10.1. The van der Waals surface area contributed by atoms with Crippen LogP contribution in [0, 0.1) is 13.8 Å². The maximum absolute atomic E-state index is 5.73. The van der Waals surface area contributed by atoms with Crippen molar-refractivity contribution in [2.24, 2.45) is 5.73 Å². The number of H-pyrrole nitrogens is 1. The van der Waals surface area contributed by atoms with Gasteiger partial charge in [-0.25, -0.2) is 0 Å². The molecule has 0 radical (unpaired) electrons. The van der Waals surface area contributed by atoms with Gasteiger partial charge in [0.2, 0.25) is 0 Å². The van der Waals surface area contributed by atoms with Gasteiger partial charge in [0, 0.05) is 19.1 Å². The van der Waals surface area contributed by atoms with Gasteiger partial charge in [0.15, 0.2) is 0 Å². The third-order valence-corrected chi connectivity index (χ3v) is 3.51. The highest BCUT2D eigenvalue weighted by atomic mass is 15.2. The third kappa shape index (κ3) is 2.07. The lowest BCUT2D eigenvalue weighted by Crippen LogP contribution is -2.38. The highest BCUT2D eigenvalue weighted by molar-refractivity contribution is 5.55. The second kappa shape index (κ2) is 4.87. The molecule has 0 bridgehead atoms. The summed E-state index contributed by atoms with van der Waals surface area (Å²) < 4.78 is 0. The number of anilines is 1. The van der Waals surface area contributed by atoms with E-state index in [4.69, 9.17) is 5.73 Å². The van der Waals surface area contributed by atoms with Crippen molar-refractivity contribution < 1.29 is 0 Å². The van der Waals surface area contributed by atoms with Gasteiger partial charge < -0.3 is 10.6 Å². The van der Waals surface area contributed by atoms with Crippen molar-refractivity contribution in [2.45, 2.75) is 45.6 Å². The summed E-state index contributed by atoms with van der Waals surface area (Å²) in [7, 11) is 0. The molecule has 4 nitrogen and oxygen atoms in total. The third-order valence-electron chi connectivity index (χ3n) is 3.51. The average Bonchev–Trinajstić information content (AvgIpc) is 2.87. The number of aromatic amines is 1. The lowest BCUT2D eigenvalue weighted by molar-refractivity contribution is 0.606. The summed E-state index contributed by atoms with van der Waals surface area (Å²) in [6.45, 7) is 5.80. The number of aryl methyl sites for hydroxylation is 2. The predicted octanol–water partition coefficient (Wildman–Crippen LogP) is 1.73. The standard InChI is InChI=1S/C12H22N4/c1-9-12(10(2)15-14-9)16(8-7-13)11-5-3-4-6-11/h11H,3-8,13H2,1-2H3,(H,14,15). The molecule has 0 saturated heterocycles. The number of hydrogen-bond acceptors (Lipinski definition) is 3. The second-order valence-corrected chi connectivity index (χ2v) is 4.70. The van der Waals surface area contributed by atoms with E-state index in [1.54, 1.807) is 0 Å². The molecule has 1 saturated carbocycles. The minimum absolute atomic E-state index is 0.665. The molecule has 1 aromatic heterocycles. The first kappa shape index (κ1) is 11.5. The van der Waals surface area contributed by atoms with Crippen LogP contribution in [0.25, 0.3) is 0 Å². The van der Waals surface area contributed by atoms with Crippen LogP contribution in [0.15, 0.2) is 0 Å². The fourth-order valence-electron chi connectivity index (χ4n) is 2.80. The Morgan fingerprint density at radius 3 is 2.56 bits per heavy atom. The number of nitrogens with two attached hydrogens (primary N) is 1. The molecule has 1 heterocycles. The van der Waals surface area contributed by atoms with Crippen LogP contribution in [-0.2, 0) is 0 Å². The molecule has 2 rings (SSSR count). The topological polar surface area (TPSA) is 57.9 Å². The summed E-state index contributed by atoms with van der Waals surface area (Å²) >= 11 is 0. The fraction of sp³-hybridized carbons (Fsp3) is 0.750. The number of hydrogen-bond donors (Lipinski definition) is 2. The Balaban J connectivity index is 2.24. The molecule has 3 N–H and O–H groups in total. The van der Waals surface area contributed by atoms with Crippen LogP contribution < -0.4 is 10.6 Å². The van der Waals surface area contributed by atoms with Crippen LogP contribution in [-0.4, -0.2) is 29.3 Å². The van der Waals surface area contributed by atoms with Gasteiger partial charge in [-0.3, -0.25) is 5.10 Å². The number of rotatable bonds is 4. The van der Waals surface area contributed by atoms with E-state index in [0.717, 1.165) is 17.9 Å². The molecule has 1 aromatic rings. The Labute approximate surface area is 97.2 Å². The molecule has 1 aliphatic rings. The van der Waals surface area contributed by atoms with Crippen LogP contribution in [0.3, 0.4) is 0 Å². The Morgan fingerprint density at radius 2 is 2.06 bits per heavy atom. The molecule has 4 heteroatoms. The summed E-state index contributed by atoms with van der Waals surface area (Å²) in [5.41, 5.74) is 9.27. The second-order valence-electron chi connectivity index (χ2n) is 4.70. The van der Waals surface area contributed by atoms with Crippen molar-refractivity contribution in [3.05, 3.63) is 11.4 Å². The summed E-state index contributed by atoms with van der Waals surface area (Å²) in [4.78, 5) is 2.46. The molecule has 0 aliphatic heterocycles. The first-order valence-corrected chi connectivity index (χ1v) is 6.22. The van der Waals surface area contributed by atoms with Gasteiger partial charge in [-0.05, 0) is 26.7 Å². The Bertz CT molecular complexity index is 319. The molecule has 16 heavy (non-hydrogen) atoms. The van der Waals surface area contributed by atoms with E-state index in [9.17, 15) is 0 Å². The van der Waals surface area contributed by atoms with Crippen LogP contribution >= 0.6 is 0 Å². The van der Waals surface area contributed by atoms with Crippen molar-refractivity contribution in [2.75, 3.05) is 18.0 Å². The average molecular weight is 222 g/mol. The molecule has 1 fully saturated rings. The Morgan fingerprint density at radius 1 is 1.38 bits per heavy atom. The Kier molecular flexibility index (Phi) is 3.49. The van der Waals surface area contributed by atoms with Crippen LogP contribution in [0.2, 0.25) is 0 Å². The van der Waals surface area contributed by atoms with E-state index >= 15 is 0 Å². The van der Waals surface area contributed by atoms with E-state index in [1.165, 1.54) is 31.4 Å². The van der Waals surface area contributed by atoms with Gasteiger partial charge in [-0.2, -0.15) is 5.10 Å². The Hall–Kier alpha value is -1.03. The zero-order valence-corrected chi connectivity index (χ0v) is 10.3. The summed E-state index contributed by atoms with van der Waals surface area (Å²) in [5, 5.41) is 7.35. The first-order chi connectivity index (χ1) is 7.74. The van der Waals surface area contributed by atoms with Gasteiger partial charge >= 0.3 is 0 Å². The highest BCUT2D eigenvalue weighted by Crippen LogP contribution is 2.31. The zero-order valence-electron chi connectivity index (χ0n) is 10.3. The molecular weight excluding hydrogens is 200 g/mol. The van der Waals surface area contributed by atoms with Crippen molar-refractivity contribution in [3.8, 4) is 0 Å². The lowest BCUT2D eigenvalue weighted by Gasteiger charge is -2.30. The maximum Gasteiger partial charge on any atom is 0.0827 e. The molecule has 0 spiro atoms. The zero-order chi connectivity index (χ0) is 11.5. The van der Waals surface area contributed by atoms with Crippen molar-refractivity contribution in [3.63, 3.8) is 0 Å². The summed E-state index contributed by atoms with van der Waals surface area (Å²) in [5.74, 6) is 0. The minimum Gasteiger partial charge on any atom is -0.364 e. The van der Waals surface area contributed by atoms with Crippen LogP contribution in [0.1, 0.15) is 37.1 Å². The van der Waals surface area contributed by atoms with Crippen LogP contribution in [0.5, 0.6) is 0 Å². The smallest absolute Gasteiger partial charge is 0.0827 e. The van der Waals surface area contributed by atoms with Crippen molar-refractivity contribution in [1.29, 1.82) is 0 Å². The number of nitrogens with one attached hydrogen (secondary N) is 1. The molecule has 1 aliphatic carbocycles. The van der Waals surface area contributed by atoms with Gasteiger partial charge in [-0.1, -0.05) is 12.8 Å². The van der Waals surface area contributed by atoms with E-state index in [2.05, 4.69) is 28.9 Å². The maximum atomic E-state index is 5.73. The van der Waals surface area contributed by atoms with E-state index in [0.29, 0.717) is 12.6 Å². The van der Waals surface area contributed by atoms with Gasteiger partial charge in [-0.15, -0.1) is 0 Å². The van der Waals surface area contributed by atoms with Gasteiger partial charge in [0.1, 0.15) is 0 Å². The monoisotopic (exact) mass is 222 g/mol. The summed E-state index contributed by atoms with van der Waals surface area (Å²) in [6, 6.07) is 0.665. The molecule has 90 valence electrons. The summed E-state index contributed by atoms with van der Waals surface area (Å²) in [6.07, 6.45) is 5.29. The van der Waals surface area contributed by atoms with Crippen molar-refractivity contribution >= 4 is 5.69 Å². The van der Waals surface area contributed by atoms with Gasteiger partial charge in [0.05, 0.1) is 17.1 Å². The first-order valence-electron chi connectivity index (χ1n) is 6.22. The molecular formula is C12H22N4. The van der Waals surface area contributed by atoms with Crippen LogP contribution in [0.4, 0.5) is 5.69 Å². The molecule has 0 amide bonds. The molecule has 0 aromatic carbocycles. The number of aromatic nitrogens is 2.